The number of rotatable bonds is 5. The Morgan fingerprint density at radius 2 is 1.73 bits per heavy atom. The molecule has 1 aliphatic rings. The molecule has 7 nitrogen and oxygen atoms in total. The van der Waals surface area contributed by atoms with Gasteiger partial charge in [-0.1, -0.05) is 30.3 Å². The summed E-state index contributed by atoms with van der Waals surface area (Å²) in [5.74, 6) is 0.0815. The lowest BCUT2D eigenvalue weighted by molar-refractivity contribution is -0.136. The van der Waals surface area contributed by atoms with Crippen molar-refractivity contribution in [3.63, 3.8) is 0 Å². The van der Waals surface area contributed by atoms with Gasteiger partial charge in [-0.15, -0.1) is 11.3 Å². The van der Waals surface area contributed by atoms with Crippen molar-refractivity contribution >= 4 is 38.4 Å². The van der Waals surface area contributed by atoms with Crippen LogP contribution in [-0.2, 0) is 24.7 Å². The Kier molecular flexibility index (Phi) is 8.20. The van der Waals surface area contributed by atoms with Crippen molar-refractivity contribution in [3.8, 4) is 38.6 Å². The van der Waals surface area contributed by atoms with E-state index in [2.05, 4.69) is 59.7 Å². The van der Waals surface area contributed by atoms with Crippen LogP contribution in [0.15, 0.2) is 72.9 Å². The van der Waals surface area contributed by atoms with E-state index in [1.807, 2.05) is 37.0 Å². The number of aliphatic hydroxyl groups is 1. The Labute approximate surface area is 266 Å². The molecule has 6 aromatic rings. The summed E-state index contributed by atoms with van der Waals surface area (Å²) in [5, 5.41) is 24.7. The molecule has 0 amide bonds. The summed E-state index contributed by atoms with van der Waals surface area (Å²) in [5.41, 5.74) is 9.68. The molecule has 7 rings (SSSR count). The zero-order chi connectivity index (χ0) is 31.9. The molecule has 0 unspecified atom stereocenters. The lowest BCUT2D eigenvalue weighted by atomic mass is 9.91. The van der Waals surface area contributed by atoms with Crippen LogP contribution < -0.4 is 4.74 Å². The maximum absolute atomic E-state index is 11.9. The van der Waals surface area contributed by atoms with Crippen LogP contribution in [0, 0.1) is 6.92 Å². The quantitative estimate of drug-likeness (QED) is 0.202. The number of carbonyl (C=O) groups is 1. The minimum atomic E-state index is -0.840. The highest BCUT2D eigenvalue weighted by Gasteiger charge is 2.21. The van der Waals surface area contributed by atoms with Crippen molar-refractivity contribution in [2.75, 3.05) is 6.61 Å². The van der Waals surface area contributed by atoms with E-state index in [4.69, 9.17) is 14.8 Å². The number of hydrogen-bond acceptors (Lipinski definition) is 6. The number of nitrogens with zero attached hydrogens (tertiary/aromatic N) is 3. The summed E-state index contributed by atoms with van der Waals surface area (Å²) in [4.78, 5) is 17.0. The van der Waals surface area contributed by atoms with Gasteiger partial charge < -0.3 is 14.9 Å². The number of carboxylic acids is 1. The van der Waals surface area contributed by atoms with Crippen LogP contribution in [-0.4, -0.2) is 43.2 Å². The Morgan fingerprint density at radius 1 is 1.00 bits per heavy atom. The second-order valence-electron chi connectivity index (χ2n) is 12.6. The molecule has 0 atom stereocenters. The predicted molar refractivity (Wildman–Crippen MR) is 182 cm³/mol. The standard InChI is InChI=1S/C33H27N3O3S.C4H10O/c1-19-13-27-32(31(26(19)17-30(37)38)23-9-11-29-22(16-23)7-4-12-39-29)40-33(35-27)24-6-3-5-20(14-24)21-8-10-28-25(15-21)18-34-36(28)2;1-4(2,3)5/h3,5-6,8-11,13-16,18H,4,7,12,17H2,1-2H3,(H,37,38);5H,1-3H3. The van der Waals surface area contributed by atoms with Crippen molar-refractivity contribution < 1.29 is 19.7 Å². The second kappa shape index (κ2) is 12.1. The molecule has 4 aromatic carbocycles. The first-order valence-electron chi connectivity index (χ1n) is 15.1. The molecule has 0 radical (unpaired) electrons. The minimum Gasteiger partial charge on any atom is -0.493 e. The van der Waals surface area contributed by atoms with Gasteiger partial charge in [0.1, 0.15) is 10.8 Å². The van der Waals surface area contributed by atoms with E-state index in [1.165, 1.54) is 5.56 Å². The molecule has 45 heavy (non-hydrogen) atoms. The van der Waals surface area contributed by atoms with Gasteiger partial charge in [0.15, 0.2) is 0 Å². The fourth-order valence-corrected chi connectivity index (χ4v) is 6.87. The van der Waals surface area contributed by atoms with E-state index < -0.39 is 11.6 Å². The number of carboxylic acid groups (broad SMARTS) is 1. The van der Waals surface area contributed by atoms with Gasteiger partial charge in [-0.2, -0.15) is 5.10 Å². The molecule has 0 aliphatic carbocycles. The molecule has 2 aromatic heterocycles. The number of ether oxygens (including phenoxy) is 1. The van der Waals surface area contributed by atoms with Gasteiger partial charge in [0.05, 0.1) is 40.6 Å². The molecule has 0 spiro atoms. The topological polar surface area (TPSA) is 97.5 Å². The smallest absolute Gasteiger partial charge is 0.307 e. The summed E-state index contributed by atoms with van der Waals surface area (Å²) in [7, 11) is 1.95. The maximum atomic E-state index is 11.9. The average Bonchev–Trinajstić information content (AvgIpc) is 3.59. The van der Waals surface area contributed by atoms with Gasteiger partial charge in [-0.3, -0.25) is 9.48 Å². The highest BCUT2D eigenvalue weighted by Crippen LogP contribution is 2.42. The van der Waals surface area contributed by atoms with Crippen LogP contribution in [0.1, 0.15) is 43.9 Å². The van der Waals surface area contributed by atoms with Gasteiger partial charge in [-0.05, 0) is 110 Å². The molecule has 1 aliphatic heterocycles. The van der Waals surface area contributed by atoms with Gasteiger partial charge in [-0.25, -0.2) is 4.98 Å². The molecule has 0 bridgehead atoms. The monoisotopic (exact) mass is 619 g/mol. The average molecular weight is 620 g/mol. The van der Waals surface area contributed by atoms with E-state index in [1.54, 1.807) is 32.1 Å². The van der Waals surface area contributed by atoms with E-state index in [0.29, 0.717) is 0 Å². The van der Waals surface area contributed by atoms with Gasteiger partial charge in [0.2, 0.25) is 0 Å². The first-order chi connectivity index (χ1) is 21.4. The molecule has 230 valence electrons. The number of benzene rings is 4. The van der Waals surface area contributed by atoms with Gasteiger partial charge >= 0.3 is 5.97 Å². The normalized spacial score (nSPS) is 12.8. The Bertz CT molecular complexity index is 2050. The van der Waals surface area contributed by atoms with Gasteiger partial charge in [0, 0.05) is 23.6 Å². The van der Waals surface area contributed by atoms with E-state index in [-0.39, 0.29) is 6.42 Å². The van der Waals surface area contributed by atoms with E-state index >= 15 is 0 Å². The number of hydrogen-bond donors (Lipinski definition) is 2. The fourth-order valence-electron chi connectivity index (χ4n) is 5.73. The lowest BCUT2D eigenvalue weighted by Crippen LogP contribution is -2.10. The zero-order valence-electron chi connectivity index (χ0n) is 26.2. The van der Waals surface area contributed by atoms with Crippen molar-refractivity contribution in [1.82, 2.24) is 14.8 Å². The summed E-state index contributed by atoms with van der Waals surface area (Å²) in [6.07, 6.45) is 3.79. The first kappa shape index (κ1) is 30.5. The third-order valence-corrected chi connectivity index (χ3v) is 8.86. The largest absolute Gasteiger partial charge is 0.493 e. The summed E-state index contributed by atoms with van der Waals surface area (Å²) in [6, 6.07) is 23.1. The Morgan fingerprint density at radius 3 is 2.51 bits per heavy atom. The molecule has 0 saturated carbocycles. The van der Waals surface area contributed by atoms with Crippen molar-refractivity contribution in [2.24, 2.45) is 7.05 Å². The van der Waals surface area contributed by atoms with E-state index in [0.717, 1.165) is 90.3 Å². The Balaban J connectivity index is 0.000000664. The predicted octanol–water partition coefficient (Wildman–Crippen LogP) is 8.22. The third-order valence-electron chi connectivity index (χ3n) is 7.73. The highest BCUT2D eigenvalue weighted by atomic mass is 32.1. The number of aromatic nitrogens is 3. The van der Waals surface area contributed by atoms with Crippen molar-refractivity contribution in [1.29, 1.82) is 0 Å². The molecule has 8 heteroatoms. The summed E-state index contributed by atoms with van der Waals surface area (Å²) >= 11 is 1.62. The lowest BCUT2D eigenvalue weighted by Gasteiger charge is -2.19. The third kappa shape index (κ3) is 6.62. The summed E-state index contributed by atoms with van der Waals surface area (Å²) < 4.78 is 8.74. The van der Waals surface area contributed by atoms with Crippen LogP contribution in [0.4, 0.5) is 0 Å². The van der Waals surface area contributed by atoms with Crippen LogP contribution in [0.5, 0.6) is 5.75 Å². The van der Waals surface area contributed by atoms with E-state index in [9.17, 15) is 9.90 Å². The van der Waals surface area contributed by atoms with Crippen LogP contribution in [0.2, 0.25) is 0 Å². The van der Waals surface area contributed by atoms with Gasteiger partial charge in [0.25, 0.3) is 0 Å². The number of aliphatic carboxylic acids is 1. The van der Waals surface area contributed by atoms with Crippen molar-refractivity contribution in [3.05, 3.63) is 89.6 Å². The van der Waals surface area contributed by atoms with Crippen LogP contribution in [0.3, 0.4) is 0 Å². The molecular formula is C37H37N3O4S. The maximum Gasteiger partial charge on any atom is 0.307 e. The summed E-state index contributed by atoms with van der Waals surface area (Å²) in [6.45, 7) is 7.95. The number of fused-ring (bicyclic) bond motifs is 3. The highest BCUT2D eigenvalue weighted by molar-refractivity contribution is 7.22. The van der Waals surface area contributed by atoms with Crippen LogP contribution in [0.25, 0.3) is 53.9 Å². The zero-order valence-corrected chi connectivity index (χ0v) is 27.0. The molecular weight excluding hydrogens is 582 g/mol. The molecule has 2 N–H and O–H groups in total. The first-order valence-corrected chi connectivity index (χ1v) is 15.9. The second-order valence-corrected chi connectivity index (χ2v) is 13.6. The molecule has 0 saturated heterocycles. The fraction of sp³-hybridized carbons (Fsp3) is 0.270. The number of thiazole rings is 1. The van der Waals surface area contributed by atoms with Crippen LogP contribution >= 0.6 is 11.3 Å². The molecule has 3 heterocycles. The molecule has 0 fully saturated rings. The Hall–Kier alpha value is -4.53. The number of aryl methyl sites for hydroxylation is 3. The minimum absolute atomic E-state index is 0.0375. The van der Waals surface area contributed by atoms with Crippen molar-refractivity contribution in [2.45, 2.75) is 52.6 Å². The SMILES string of the molecule is CC(C)(C)O.Cc1cc2nc(-c3cccc(-c4ccc5c(cnn5C)c4)c3)sc2c(-c2ccc3c(c2)CCCO3)c1CC(=O)O.